The van der Waals surface area contributed by atoms with Crippen LogP contribution in [0, 0.1) is 5.82 Å². The number of allylic oxidation sites excluding steroid dienone is 3. The molecule has 0 radical (unpaired) electrons. The summed E-state index contributed by atoms with van der Waals surface area (Å²) in [6.45, 7) is 2.01. The highest BCUT2D eigenvalue weighted by atomic mass is 19.1. The second kappa shape index (κ2) is 11.1. The first-order valence-corrected chi connectivity index (χ1v) is 12.8. The molecular weight excluding hydrogens is 481 g/mol. The van der Waals surface area contributed by atoms with Crippen LogP contribution in [0.25, 0.3) is 0 Å². The second-order valence-electron chi connectivity index (χ2n) is 9.72. The van der Waals surface area contributed by atoms with Crippen molar-refractivity contribution in [2.24, 2.45) is 0 Å². The van der Waals surface area contributed by atoms with Gasteiger partial charge in [0.2, 0.25) is 0 Å². The molecule has 2 atom stereocenters. The van der Waals surface area contributed by atoms with Gasteiger partial charge in [0.25, 0.3) is 0 Å². The largest absolute Gasteiger partial charge is 0.497 e. The molecule has 1 heterocycles. The lowest BCUT2D eigenvalue weighted by atomic mass is 9.71. The fourth-order valence-electron chi connectivity index (χ4n) is 5.42. The van der Waals surface area contributed by atoms with Crippen LogP contribution in [0.5, 0.6) is 5.75 Å². The van der Waals surface area contributed by atoms with Crippen LogP contribution >= 0.6 is 0 Å². The van der Waals surface area contributed by atoms with Crippen molar-refractivity contribution in [1.82, 2.24) is 5.32 Å². The summed E-state index contributed by atoms with van der Waals surface area (Å²) in [6.07, 6.45) is 1.48. The molecule has 5 rings (SSSR count). The van der Waals surface area contributed by atoms with Gasteiger partial charge in [0.1, 0.15) is 11.6 Å². The number of ether oxygens (including phenoxy) is 2. The van der Waals surface area contributed by atoms with Gasteiger partial charge in [-0.05, 0) is 60.2 Å². The highest BCUT2D eigenvalue weighted by Gasteiger charge is 2.41. The summed E-state index contributed by atoms with van der Waals surface area (Å²) in [5, 5.41) is 3.34. The van der Waals surface area contributed by atoms with Gasteiger partial charge in [-0.25, -0.2) is 9.18 Å². The second-order valence-corrected chi connectivity index (χ2v) is 9.72. The number of esters is 1. The van der Waals surface area contributed by atoms with E-state index in [2.05, 4.69) is 5.32 Å². The highest BCUT2D eigenvalue weighted by Crippen LogP contribution is 2.46. The van der Waals surface area contributed by atoms with Crippen LogP contribution in [0.3, 0.4) is 0 Å². The van der Waals surface area contributed by atoms with Crippen molar-refractivity contribution in [1.29, 1.82) is 0 Å². The van der Waals surface area contributed by atoms with Crippen molar-refractivity contribution in [2.45, 2.75) is 38.0 Å². The van der Waals surface area contributed by atoms with Crippen LogP contribution in [0.15, 0.2) is 101 Å². The Morgan fingerprint density at radius 2 is 1.74 bits per heavy atom. The van der Waals surface area contributed by atoms with E-state index in [-0.39, 0.29) is 18.3 Å². The van der Waals surface area contributed by atoms with Crippen molar-refractivity contribution in [3.05, 3.63) is 124 Å². The van der Waals surface area contributed by atoms with Crippen molar-refractivity contribution < 1.29 is 23.5 Å². The molecule has 1 aliphatic heterocycles. The molecule has 0 bridgehead atoms. The Morgan fingerprint density at radius 1 is 0.974 bits per heavy atom. The predicted octanol–water partition coefficient (Wildman–Crippen LogP) is 5.98. The lowest BCUT2D eigenvalue weighted by Crippen LogP contribution is -2.36. The molecule has 0 unspecified atom stereocenters. The van der Waals surface area contributed by atoms with Gasteiger partial charge in [-0.2, -0.15) is 0 Å². The Kier molecular flexibility index (Phi) is 7.40. The molecule has 0 amide bonds. The van der Waals surface area contributed by atoms with E-state index in [0.717, 1.165) is 22.6 Å². The number of rotatable bonds is 7. The molecule has 6 heteroatoms. The van der Waals surface area contributed by atoms with Crippen LogP contribution in [0.4, 0.5) is 4.39 Å². The summed E-state index contributed by atoms with van der Waals surface area (Å²) in [5.74, 6) is -0.938. The van der Waals surface area contributed by atoms with Gasteiger partial charge in [0.05, 0.1) is 19.3 Å². The third-order valence-corrected chi connectivity index (χ3v) is 7.28. The maximum Gasteiger partial charge on any atom is 0.336 e. The summed E-state index contributed by atoms with van der Waals surface area (Å²) in [7, 11) is 1.62. The molecule has 5 nitrogen and oxygen atoms in total. The topological polar surface area (TPSA) is 64.6 Å². The molecule has 38 heavy (non-hydrogen) atoms. The zero-order chi connectivity index (χ0) is 26.6. The molecule has 1 N–H and O–H groups in total. The third kappa shape index (κ3) is 5.25. The zero-order valence-electron chi connectivity index (χ0n) is 21.5. The molecule has 0 aromatic heterocycles. The smallest absolute Gasteiger partial charge is 0.336 e. The van der Waals surface area contributed by atoms with Gasteiger partial charge in [0, 0.05) is 35.7 Å². The van der Waals surface area contributed by atoms with Crippen LogP contribution < -0.4 is 10.1 Å². The maximum atomic E-state index is 14.3. The van der Waals surface area contributed by atoms with E-state index in [1.54, 1.807) is 19.2 Å². The lowest BCUT2D eigenvalue weighted by molar-refractivity contribution is -0.139. The van der Waals surface area contributed by atoms with Gasteiger partial charge in [-0.1, -0.05) is 54.6 Å². The monoisotopic (exact) mass is 511 g/mol. The van der Waals surface area contributed by atoms with E-state index < -0.39 is 17.7 Å². The summed E-state index contributed by atoms with van der Waals surface area (Å²) < 4.78 is 25.3. The molecule has 0 spiro atoms. The number of hydrogen-bond donors (Lipinski definition) is 1. The molecule has 194 valence electrons. The van der Waals surface area contributed by atoms with Crippen molar-refractivity contribution >= 4 is 11.8 Å². The number of nitrogens with one attached hydrogen (secondary N) is 1. The first-order chi connectivity index (χ1) is 18.4. The minimum absolute atomic E-state index is 0.0139. The van der Waals surface area contributed by atoms with Gasteiger partial charge in [0.15, 0.2) is 5.78 Å². The zero-order valence-corrected chi connectivity index (χ0v) is 21.5. The standard InChI is InChI=1S/C32H30FNO4/c1-20-29(32(36)38-16-15-21-7-4-3-5-8-21)30(23-9-6-10-25(33)17-23)31-27(34-20)18-24(19-28(31)35)22-11-13-26(37-2)14-12-22/h3-14,17,24,30,34H,15-16,18-19H2,1-2H3/t24-,30+/m1/s1. The molecule has 3 aromatic carbocycles. The quantitative estimate of drug-likeness (QED) is 0.395. The Morgan fingerprint density at radius 3 is 2.45 bits per heavy atom. The Labute approximate surface area is 222 Å². The molecular formula is C32H30FNO4. The van der Waals surface area contributed by atoms with E-state index in [1.165, 1.54) is 12.1 Å². The Hall–Kier alpha value is -4.19. The van der Waals surface area contributed by atoms with Crippen molar-refractivity contribution in [3.63, 3.8) is 0 Å². The molecule has 0 saturated heterocycles. The van der Waals surface area contributed by atoms with Crippen LogP contribution in [0.2, 0.25) is 0 Å². The van der Waals surface area contributed by atoms with E-state index in [0.29, 0.717) is 41.7 Å². The SMILES string of the molecule is COc1ccc([C@H]2CC(=O)C3=C(C2)NC(C)=C(C(=O)OCCc2ccccc2)[C@@H]3c2cccc(F)c2)cc1. The number of dihydropyridines is 1. The number of carbonyl (C=O) groups excluding carboxylic acids is 2. The predicted molar refractivity (Wildman–Crippen MR) is 143 cm³/mol. The lowest BCUT2D eigenvalue weighted by Gasteiger charge is -2.36. The minimum atomic E-state index is -0.699. The number of Topliss-reactive ketones (excluding diaryl/α,β-unsaturated/α-hetero) is 1. The van der Waals surface area contributed by atoms with Gasteiger partial charge in [-0.3, -0.25) is 4.79 Å². The number of hydrogen-bond acceptors (Lipinski definition) is 5. The molecule has 3 aromatic rings. The Balaban J connectivity index is 1.45. The first kappa shape index (κ1) is 25.5. The van der Waals surface area contributed by atoms with Crippen LogP contribution in [-0.4, -0.2) is 25.5 Å². The maximum absolute atomic E-state index is 14.3. The number of carbonyl (C=O) groups is 2. The molecule has 0 saturated carbocycles. The van der Waals surface area contributed by atoms with E-state index in [1.807, 2.05) is 61.5 Å². The summed E-state index contributed by atoms with van der Waals surface area (Å²) in [4.78, 5) is 27.1. The summed E-state index contributed by atoms with van der Waals surface area (Å²) in [6, 6.07) is 23.6. The van der Waals surface area contributed by atoms with Crippen LogP contribution in [0.1, 0.15) is 48.3 Å². The van der Waals surface area contributed by atoms with Gasteiger partial charge >= 0.3 is 5.97 Å². The number of halogens is 1. The van der Waals surface area contributed by atoms with E-state index in [9.17, 15) is 14.0 Å². The normalized spacial score (nSPS) is 19.1. The molecule has 2 aliphatic rings. The van der Waals surface area contributed by atoms with Crippen LogP contribution in [-0.2, 0) is 20.7 Å². The fraction of sp³-hybridized carbons (Fsp3) is 0.250. The highest BCUT2D eigenvalue weighted by molar-refractivity contribution is 6.04. The van der Waals surface area contributed by atoms with Crippen molar-refractivity contribution in [3.8, 4) is 5.75 Å². The number of methoxy groups -OCH3 is 1. The number of benzene rings is 3. The third-order valence-electron chi connectivity index (χ3n) is 7.28. The average molecular weight is 512 g/mol. The average Bonchev–Trinajstić information content (AvgIpc) is 2.92. The summed E-state index contributed by atoms with van der Waals surface area (Å²) in [5.41, 5.74) is 4.92. The van der Waals surface area contributed by atoms with Gasteiger partial charge in [-0.15, -0.1) is 0 Å². The fourth-order valence-corrected chi connectivity index (χ4v) is 5.42. The van der Waals surface area contributed by atoms with E-state index in [4.69, 9.17) is 9.47 Å². The first-order valence-electron chi connectivity index (χ1n) is 12.8. The van der Waals surface area contributed by atoms with Crippen molar-refractivity contribution in [2.75, 3.05) is 13.7 Å². The molecule has 0 fully saturated rings. The van der Waals surface area contributed by atoms with Gasteiger partial charge < -0.3 is 14.8 Å². The molecule has 1 aliphatic carbocycles. The Bertz CT molecular complexity index is 1410. The number of ketones is 1. The van der Waals surface area contributed by atoms with E-state index >= 15 is 0 Å². The summed E-state index contributed by atoms with van der Waals surface area (Å²) >= 11 is 0. The minimum Gasteiger partial charge on any atom is -0.497 e.